The van der Waals surface area contributed by atoms with Crippen LogP contribution in [0, 0.1) is 0 Å². The van der Waals surface area contributed by atoms with Crippen LogP contribution in [0.1, 0.15) is 29.9 Å². The summed E-state index contributed by atoms with van der Waals surface area (Å²) in [5.74, 6) is -0.336. The average molecular weight is 471 g/mol. The highest BCUT2D eigenvalue weighted by Crippen LogP contribution is 2.32. The van der Waals surface area contributed by atoms with Crippen molar-refractivity contribution < 1.29 is 27.4 Å². The second-order valence-corrected chi connectivity index (χ2v) is 8.64. The molecule has 0 spiro atoms. The molecule has 0 radical (unpaired) electrons. The Kier molecular flexibility index (Phi) is 6.47. The highest BCUT2D eigenvalue weighted by Gasteiger charge is 2.37. The van der Waals surface area contributed by atoms with E-state index in [1.54, 1.807) is 48.7 Å². The summed E-state index contributed by atoms with van der Waals surface area (Å²) in [4.78, 5) is 21.0. The summed E-state index contributed by atoms with van der Waals surface area (Å²) in [6.45, 7) is 6.01. The highest BCUT2D eigenvalue weighted by atomic mass is 19.4. The van der Waals surface area contributed by atoms with Crippen molar-refractivity contribution in [2.75, 3.05) is 18.1 Å². The first-order valence-electron chi connectivity index (χ1n) is 10.7. The average Bonchev–Trinajstić information content (AvgIpc) is 3.08. The molecule has 178 valence electrons. The maximum absolute atomic E-state index is 12.5. The standard InChI is InChI=1S/C25H24F3N3O3/c1-24(2)16-30(19-8-10-21(11-9-19)34-25(26,27)28)17-31(24)15-18-12-13-29-22(14-18)23(32)33-20-6-4-3-5-7-20/h3-14H,15-17H2,1-2H3. The van der Waals surface area contributed by atoms with Crippen molar-refractivity contribution in [1.82, 2.24) is 9.88 Å². The van der Waals surface area contributed by atoms with Crippen LogP contribution >= 0.6 is 0 Å². The number of para-hydroxylation sites is 1. The predicted octanol–water partition coefficient (Wildman–Crippen LogP) is 5.26. The lowest BCUT2D eigenvalue weighted by Gasteiger charge is -2.29. The van der Waals surface area contributed by atoms with Gasteiger partial charge in [-0.3, -0.25) is 4.90 Å². The van der Waals surface area contributed by atoms with Crippen molar-refractivity contribution in [3.05, 3.63) is 84.2 Å². The Morgan fingerprint density at radius 3 is 2.41 bits per heavy atom. The molecule has 1 aromatic heterocycles. The lowest BCUT2D eigenvalue weighted by molar-refractivity contribution is -0.274. The van der Waals surface area contributed by atoms with Crippen molar-refractivity contribution in [3.8, 4) is 11.5 Å². The largest absolute Gasteiger partial charge is 0.573 e. The van der Waals surface area contributed by atoms with Crippen LogP contribution in [0.3, 0.4) is 0 Å². The van der Waals surface area contributed by atoms with E-state index in [9.17, 15) is 18.0 Å². The van der Waals surface area contributed by atoms with Crippen LogP contribution < -0.4 is 14.4 Å². The second-order valence-electron chi connectivity index (χ2n) is 8.64. The summed E-state index contributed by atoms with van der Waals surface area (Å²) in [5, 5.41) is 0. The van der Waals surface area contributed by atoms with Crippen molar-refractivity contribution in [2.24, 2.45) is 0 Å². The molecule has 0 N–H and O–H groups in total. The fourth-order valence-corrected chi connectivity index (χ4v) is 3.86. The Balaban J connectivity index is 1.43. The molecule has 2 aromatic carbocycles. The summed E-state index contributed by atoms with van der Waals surface area (Å²) in [6.07, 6.45) is -3.14. The van der Waals surface area contributed by atoms with E-state index in [-0.39, 0.29) is 17.0 Å². The fourth-order valence-electron chi connectivity index (χ4n) is 3.86. The molecule has 0 bridgehead atoms. The van der Waals surface area contributed by atoms with Gasteiger partial charge in [-0.05, 0) is 67.9 Å². The van der Waals surface area contributed by atoms with Gasteiger partial charge in [-0.2, -0.15) is 0 Å². The first-order chi connectivity index (χ1) is 16.1. The molecule has 34 heavy (non-hydrogen) atoms. The first kappa shape index (κ1) is 23.6. The van der Waals surface area contributed by atoms with Crippen LogP contribution in [-0.2, 0) is 6.54 Å². The van der Waals surface area contributed by atoms with Gasteiger partial charge in [-0.15, -0.1) is 13.2 Å². The molecule has 0 amide bonds. The predicted molar refractivity (Wildman–Crippen MR) is 121 cm³/mol. The van der Waals surface area contributed by atoms with Crippen molar-refractivity contribution >= 4 is 11.7 Å². The zero-order valence-corrected chi connectivity index (χ0v) is 18.7. The molecule has 0 aliphatic carbocycles. The quantitative estimate of drug-likeness (QED) is 0.361. The van der Waals surface area contributed by atoms with Gasteiger partial charge in [0.1, 0.15) is 17.2 Å². The summed E-state index contributed by atoms with van der Waals surface area (Å²) >= 11 is 0. The van der Waals surface area contributed by atoms with Gasteiger partial charge >= 0.3 is 12.3 Å². The molecule has 1 aliphatic rings. The van der Waals surface area contributed by atoms with E-state index >= 15 is 0 Å². The SMILES string of the molecule is CC1(C)CN(c2ccc(OC(F)(F)F)cc2)CN1Cc1ccnc(C(=O)Oc2ccccc2)c1. The number of halogens is 3. The molecule has 6 nitrogen and oxygen atoms in total. The number of hydrogen-bond donors (Lipinski definition) is 0. The minimum absolute atomic E-state index is 0.213. The molecular weight excluding hydrogens is 447 g/mol. The van der Waals surface area contributed by atoms with Gasteiger partial charge in [0.2, 0.25) is 0 Å². The van der Waals surface area contributed by atoms with Crippen LogP contribution in [0.4, 0.5) is 18.9 Å². The maximum Gasteiger partial charge on any atom is 0.573 e. The van der Waals surface area contributed by atoms with Crippen LogP contribution in [0.5, 0.6) is 11.5 Å². The summed E-state index contributed by atoms with van der Waals surface area (Å²) < 4.78 is 46.6. The topological polar surface area (TPSA) is 54.9 Å². The number of anilines is 1. The number of benzene rings is 2. The van der Waals surface area contributed by atoms with Gasteiger partial charge in [0.05, 0.1) is 6.67 Å². The number of pyridine rings is 1. The zero-order valence-electron chi connectivity index (χ0n) is 18.7. The number of alkyl halides is 3. The van der Waals surface area contributed by atoms with Crippen LogP contribution in [0.15, 0.2) is 72.9 Å². The molecule has 3 aromatic rings. The monoisotopic (exact) mass is 471 g/mol. The molecule has 9 heteroatoms. The fraction of sp³-hybridized carbons (Fsp3) is 0.280. The van der Waals surface area contributed by atoms with Gasteiger partial charge in [-0.25, -0.2) is 9.78 Å². The number of carbonyl (C=O) groups excluding carboxylic acids is 1. The summed E-state index contributed by atoms with van der Waals surface area (Å²) in [7, 11) is 0. The Hall–Kier alpha value is -3.59. The van der Waals surface area contributed by atoms with E-state index < -0.39 is 12.3 Å². The third-order valence-corrected chi connectivity index (χ3v) is 5.57. The maximum atomic E-state index is 12.5. The van der Waals surface area contributed by atoms with Crippen molar-refractivity contribution in [3.63, 3.8) is 0 Å². The highest BCUT2D eigenvalue weighted by molar-refractivity contribution is 5.89. The molecule has 1 saturated heterocycles. The van der Waals surface area contributed by atoms with Gasteiger partial charge in [-0.1, -0.05) is 18.2 Å². The minimum Gasteiger partial charge on any atom is -0.422 e. The summed E-state index contributed by atoms with van der Waals surface area (Å²) in [6, 6.07) is 18.2. The Bertz CT molecular complexity index is 1140. The van der Waals surface area contributed by atoms with Gasteiger partial charge < -0.3 is 14.4 Å². The number of carbonyl (C=O) groups is 1. The van der Waals surface area contributed by atoms with Crippen molar-refractivity contribution in [1.29, 1.82) is 0 Å². The van der Waals surface area contributed by atoms with Crippen LogP contribution in [0.25, 0.3) is 0 Å². The van der Waals surface area contributed by atoms with Gasteiger partial charge in [0.15, 0.2) is 0 Å². The molecule has 1 aliphatic heterocycles. The zero-order chi connectivity index (χ0) is 24.3. The van der Waals surface area contributed by atoms with Crippen LogP contribution in [0.2, 0.25) is 0 Å². The normalized spacial score (nSPS) is 15.9. The third kappa shape index (κ3) is 5.85. The number of nitrogens with zero attached hydrogens (tertiary/aromatic N) is 3. The van der Waals surface area contributed by atoms with E-state index in [4.69, 9.17) is 4.74 Å². The van der Waals surface area contributed by atoms with E-state index in [1.807, 2.05) is 12.1 Å². The van der Waals surface area contributed by atoms with Crippen molar-refractivity contribution in [2.45, 2.75) is 32.3 Å². The number of hydrogen-bond acceptors (Lipinski definition) is 6. The lowest BCUT2D eigenvalue weighted by Crippen LogP contribution is -2.39. The van der Waals surface area contributed by atoms with E-state index in [0.717, 1.165) is 11.3 Å². The Morgan fingerprint density at radius 2 is 1.74 bits per heavy atom. The Labute approximate surface area is 195 Å². The molecule has 4 rings (SSSR count). The second kappa shape index (κ2) is 9.34. The third-order valence-electron chi connectivity index (χ3n) is 5.57. The molecular formula is C25H24F3N3O3. The molecule has 0 saturated carbocycles. The Morgan fingerprint density at radius 1 is 1.03 bits per heavy atom. The number of rotatable bonds is 6. The first-order valence-corrected chi connectivity index (χ1v) is 10.7. The lowest BCUT2D eigenvalue weighted by atomic mass is 10.0. The summed E-state index contributed by atoms with van der Waals surface area (Å²) in [5.41, 5.74) is 1.70. The number of esters is 1. The molecule has 0 atom stereocenters. The molecule has 2 heterocycles. The van der Waals surface area contributed by atoms with E-state index in [2.05, 4.69) is 33.4 Å². The molecule has 1 fully saturated rings. The van der Waals surface area contributed by atoms with Gasteiger partial charge in [0, 0.05) is 30.5 Å². The van der Waals surface area contributed by atoms with E-state index in [0.29, 0.717) is 25.5 Å². The number of aromatic nitrogens is 1. The smallest absolute Gasteiger partial charge is 0.422 e. The van der Waals surface area contributed by atoms with Gasteiger partial charge in [0.25, 0.3) is 0 Å². The van der Waals surface area contributed by atoms with E-state index in [1.165, 1.54) is 12.1 Å². The molecule has 0 unspecified atom stereocenters. The number of ether oxygens (including phenoxy) is 2. The van der Waals surface area contributed by atoms with Crippen LogP contribution in [-0.4, -0.2) is 41.0 Å². The minimum atomic E-state index is -4.72.